The molecule has 0 saturated heterocycles. The Morgan fingerprint density at radius 1 is 1.21 bits per heavy atom. The van der Waals surface area contributed by atoms with Crippen molar-refractivity contribution in [3.05, 3.63) is 53.6 Å². The van der Waals surface area contributed by atoms with Gasteiger partial charge in [-0.25, -0.2) is 12.7 Å². The molecule has 1 N–H and O–H groups in total. The zero-order chi connectivity index (χ0) is 20.3. The van der Waals surface area contributed by atoms with E-state index >= 15 is 0 Å². The lowest BCUT2D eigenvalue weighted by Gasteiger charge is -2.19. The number of carbonyl (C=O) groups excluding carboxylic acids is 1. The Hall–Kier alpha value is -2.84. The fraction of sp³-hybridized carbons (Fsp3) is 0.250. The van der Waals surface area contributed by atoms with Crippen LogP contribution in [0, 0.1) is 0 Å². The van der Waals surface area contributed by atoms with Crippen LogP contribution in [-0.4, -0.2) is 45.9 Å². The molecule has 1 aliphatic rings. The number of para-hydroxylation sites is 1. The summed E-state index contributed by atoms with van der Waals surface area (Å²) in [6.45, 7) is 2.24. The van der Waals surface area contributed by atoms with E-state index in [0.29, 0.717) is 17.9 Å². The number of hydrogen-bond donors (Lipinski definition) is 1. The lowest BCUT2D eigenvalue weighted by atomic mass is 10.1. The fourth-order valence-electron chi connectivity index (χ4n) is 2.72. The number of fused-ring (bicyclic) bond motifs is 1. The van der Waals surface area contributed by atoms with Crippen LogP contribution >= 0.6 is 0 Å². The normalized spacial score (nSPS) is 13.4. The van der Waals surface area contributed by atoms with Gasteiger partial charge in [0.1, 0.15) is 23.0 Å². The van der Waals surface area contributed by atoms with Gasteiger partial charge in [0.2, 0.25) is 10.0 Å². The van der Waals surface area contributed by atoms with Crippen LogP contribution in [0.5, 0.6) is 11.5 Å². The van der Waals surface area contributed by atoms with Gasteiger partial charge in [-0.3, -0.25) is 4.79 Å². The van der Waals surface area contributed by atoms with Gasteiger partial charge in [-0.2, -0.15) is 0 Å². The largest absolute Gasteiger partial charge is 0.492 e. The van der Waals surface area contributed by atoms with E-state index in [4.69, 9.17) is 9.47 Å². The number of anilines is 1. The van der Waals surface area contributed by atoms with Crippen molar-refractivity contribution >= 4 is 27.7 Å². The number of carbonyl (C=O) groups is 1. The molecule has 148 valence electrons. The molecule has 0 unspecified atom stereocenters. The second-order valence-electron chi connectivity index (χ2n) is 6.33. The van der Waals surface area contributed by atoms with Crippen molar-refractivity contribution in [3.8, 4) is 11.5 Å². The highest BCUT2D eigenvalue weighted by Crippen LogP contribution is 2.30. The molecule has 7 nitrogen and oxygen atoms in total. The molecular formula is C20H22N2O5S. The first-order chi connectivity index (χ1) is 13.3. The van der Waals surface area contributed by atoms with E-state index in [1.807, 2.05) is 24.3 Å². The van der Waals surface area contributed by atoms with E-state index in [2.05, 4.69) is 5.32 Å². The molecule has 2 aromatic rings. The average Bonchev–Trinajstić information content (AvgIpc) is 2.68. The Kier molecular flexibility index (Phi) is 5.71. The number of hydrogen-bond acceptors (Lipinski definition) is 5. The predicted octanol–water partition coefficient (Wildman–Crippen LogP) is 2.75. The SMILES string of the molecule is CCOc1ccc(NC(=O)C2=Cc3ccccc3OC2)cc1S(=O)(=O)N(C)C. The Morgan fingerprint density at radius 3 is 2.68 bits per heavy atom. The highest BCUT2D eigenvalue weighted by atomic mass is 32.2. The van der Waals surface area contributed by atoms with Crippen molar-refractivity contribution in [2.75, 3.05) is 32.6 Å². The Morgan fingerprint density at radius 2 is 1.96 bits per heavy atom. The van der Waals surface area contributed by atoms with Crippen molar-refractivity contribution in [1.29, 1.82) is 0 Å². The predicted molar refractivity (Wildman–Crippen MR) is 107 cm³/mol. The van der Waals surface area contributed by atoms with Crippen LogP contribution < -0.4 is 14.8 Å². The molecule has 1 amide bonds. The quantitative estimate of drug-likeness (QED) is 0.803. The molecule has 0 aromatic heterocycles. The monoisotopic (exact) mass is 402 g/mol. The topological polar surface area (TPSA) is 84.9 Å². The van der Waals surface area contributed by atoms with E-state index in [9.17, 15) is 13.2 Å². The maximum absolute atomic E-state index is 12.6. The molecule has 1 heterocycles. The van der Waals surface area contributed by atoms with Crippen LogP contribution in [0.4, 0.5) is 5.69 Å². The van der Waals surface area contributed by atoms with E-state index < -0.39 is 10.0 Å². The number of benzene rings is 2. The molecule has 0 spiro atoms. The number of rotatable bonds is 6. The standard InChI is InChI=1S/C20H22N2O5S/c1-4-26-18-10-9-16(12-19(18)28(24,25)22(2)3)21-20(23)15-11-14-7-5-6-8-17(14)27-13-15/h5-12H,4,13H2,1-3H3,(H,21,23). The molecular weight excluding hydrogens is 380 g/mol. The highest BCUT2D eigenvalue weighted by Gasteiger charge is 2.24. The van der Waals surface area contributed by atoms with E-state index in [1.54, 1.807) is 19.1 Å². The zero-order valence-electron chi connectivity index (χ0n) is 15.9. The number of amides is 1. The van der Waals surface area contributed by atoms with Crippen LogP contribution in [0.25, 0.3) is 6.08 Å². The molecule has 0 radical (unpaired) electrons. The van der Waals surface area contributed by atoms with Crippen LogP contribution in [0.3, 0.4) is 0 Å². The molecule has 2 aromatic carbocycles. The minimum Gasteiger partial charge on any atom is -0.492 e. The molecule has 8 heteroatoms. The average molecular weight is 402 g/mol. The lowest BCUT2D eigenvalue weighted by molar-refractivity contribution is -0.113. The molecule has 0 aliphatic carbocycles. The third kappa shape index (κ3) is 4.02. The third-order valence-corrected chi connectivity index (χ3v) is 6.02. The third-order valence-electron chi connectivity index (χ3n) is 4.18. The van der Waals surface area contributed by atoms with Gasteiger partial charge in [-0.15, -0.1) is 0 Å². The number of sulfonamides is 1. The first kappa shape index (κ1) is 19.9. The Balaban J connectivity index is 1.89. The van der Waals surface area contributed by atoms with Gasteiger partial charge in [0, 0.05) is 25.3 Å². The summed E-state index contributed by atoms with van der Waals surface area (Å²) in [4.78, 5) is 12.6. The minimum absolute atomic E-state index is 0.00336. The second-order valence-corrected chi connectivity index (χ2v) is 8.45. The summed E-state index contributed by atoms with van der Waals surface area (Å²) >= 11 is 0. The summed E-state index contributed by atoms with van der Waals surface area (Å²) in [6, 6.07) is 12.0. The molecule has 1 aliphatic heterocycles. The van der Waals surface area contributed by atoms with Gasteiger partial charge < -0.3 is 14.8 Å². The summed E-state index contributed by atoms with van der Waals surface area (Å²) in [6.07, 6.45) is 1.76. The van der Waals surface area contributed by atoms with Crippen LogP contribution in [0.1, 0.15) is 12.5 Å². The summed E-state index contributed by atoms with van der Waals surface area (Å²) in [7, 11) is -0.850. The van der Waals surface area contributed by atoms with Gasteiger partial charge in [0.15, 0.2) is 0 Å². The summed E-state index contributed by atoms with van der Waals surface area (Å²) in [5, 5.41) is 2.74. The molecule has 0 bridgehead atoms. The van der Waals surface area contributed by atoms with Crippen molar-refractivity contribution in [2.45, 2.75) is 11.8 Å². The number of nitrogens with zero attached hydrogens (tertiary/aromatic N) is 1. The van der Waals surface area contributed by atoms with Crippen molar-refractivity contribution < 1.29 is 22.7 Å². The van der Waals surface area contributed by atoms with Gasteiger partial charge in [0.25, 0.3) is 5.91 Å². The van der Waals surface area contributed by atoms with E-state index in [0.717, 1.165) is 15.6 Å². The first-order valence-electron chi connectivity index (χ1n) is 8.76. The van der Waals surface area contributed by atoms with E-state index in [-0.39, 0.29) is 23.2 Å². The number of ether oxygens (including phenoxy) is 2. The molecule has 0 saturated carbocycles. The van der Waals surface area contributed by atoms with Gasteiger partial charge in [-0.05, 0) is 37.3 Å². The van der Waals surface area contributed by atoms with Gasteiger partial charge in [0.05, 0.1) is 12.2 Å². The smallest absolute Gasteiger partial charge is 0.255 e. The lowest BCUT2D eigenvalue weighted by Crippen LogP contribution is -2.24. The summed E-state index contributed by atoms with van der Waals surface area (Å²) in [5.41, 5.74) is 1.62. The number of nitrogens with one attached hydrogen (secondary N) is 1. The van der Waals surface area contributed by atoms with Crippen molar-refractivity contribution in [3.63, 3.8) is 0 Å². The molecule has 0 fully saturated rings. The van der Waals surface area contributed by atoms with Crippen molar-refractivity contribution in [2.24, 2.45) is 0 Å². The van der Waals surface area contributed by atoms with Gasteiger partial charge >= 0.3 is 0 Å². The molecule has 0 atom stereocenters. The highest BCUT2D eigenvalue weighted by molar-refractivity contribution is 7.89. The zero-order valence-corrected chi connectivity index (χ0v) is 16.7. The fourth-order valence-corrected chi connectivity index (χ4v) is 3.77. The summed E-state index contributed by atoms with van der Waals surface area (Å²) < 4.78 is 37.4. The maximum Gasteiger partial charge on any atom is 0.255 e. The summed E-state index contributed by atoms with van der Waals surface area (Å²) in [5.74, 6) is 0.606. The Bertz CT molecular complexity index is 1030. The molecule has 3 rings (SSSR count). The maximum atomic E-state index is 12.6. The van der Waals surface area contributed by atoms with Crippen molar-refractivity contribution in [1.82, 2.24) is 4.31 Å². The molecule has 28 heavy (non-hydrogen) atoms. The second kappa shape index (κ2) is 8.04. The Labute approximate surface area is 164 Å². The minimum atomic E-state index is -3.74. The van der Waals surface area contributed by atoms with Crippen LogP contribution in [-0.2, 0) is 14.8 Å². The van der Waals surface area contributed by atoms with Crippen LogP contribution in [0.2, 0.25) is 0 Å². The van der Waals surface area contributed by atoms with Gasteiger partial charge in [-0.1, -0.05) is 18.2 Å². The van der Waals surface area contributed by atoms with E-state index in [1.165, 1.54) is 26.2 Å². The van der Waals surface area contributed by atoms with Crippen LogP contribution in [0.15, 0.2) is 52.9 Å². The first-order valence-corrected chi connectivity index (χ1v) is 10.2.